The van der Waals surface area contributed by atoms with Gasteiger partial charge < -0.3 is 29.0 Å². The van der Waals surface area contributed by atoms with Crippen LogP contribution in [0, 0.1) is 0 Å². The molecule has 0 unspecified atom stereocenters. The van der Waals surface area contributed by atoms with Crippen LogP contribution in [0.4, 0.5) is 0 Å². The minimum atomic E-state index is -0.235. The molecule has 6 heteroatoms. The molecule has 4 rings (SSSR count). The van der Waals surface area contributed by atoms with Crippen molar-refractivity contribution >= 4 is 11.6 Å². The lowest BCUT2D eigenvalue weighted by Gasteiger charge is -2.19. The topological polar surface area (TPSA) is 73.1 Å². The molecule has 1 heterocycles. The van der Waals surface area contributed by atoms with E-state index < -0.39 is 0 Å². The second-order valence-electron chi connectivity index (χ2n) is 6.56. The van der Waals surface area contributed by atoms with E-state index in [1.807, 2.05) is 36.4 Å². The van der Waals surface area contributed by atoms with Crippen LogP contribution in [0.3, 0.4) is 0 Å². The third-order valence-electron chi connectivity index (χ3n) is 5.36. The number of fused-ring (bicyclic) bond motifs is 2. The first-order valence-corrected chi connectivity index (χ1v) is 9.04. The summed E-state index contributed by atoms with van der Waals surface area (Å²) in [6.07, 6.45) is 4.66. The molecule has 2 aliphatic rings. The van der Waals surface area contributed by atoms with Crippen LogP contribution >= 0.6 is 0 Å². The van der Waals surface area contributed by atoms with Crippen molar-refractivity contribution < 1.29 is 24.4 Å². The normalized spacial score (nSPS) is 15.0. The average molecular weight is 381 g/mol. The minimum Gasteiger partial charge on any atom is -0.496 e. The molecule has 0 radical (unpaired) electrons. The largest absolute Gasteiger partial charge is 0.496 e. The van der Waals surface area contributed by atoms with Crippen LogP contribution in [-0.2, 0) is 22.8 Å². The fourth-order valence-electron chi connectivity index (χ4n) is 4.20. The predicted octanol–water partition coefficient (Wildman–Crippen LogP) is 1.39. The molecule has 1 aromatic heterocycles. The molecule has 0 aliphatic heterocycles. The summed E-state index contributed by atoms with van der Waals surface area (Å²) in [7, 11) is 4.87. The van der Waals surface area contributed by atoms with E-state index in [9.17, 15) is 10.2 Å². The Morgan fingerprint density at radius 2 is 1.82 bits per heavy atom. The number of aliphatic hydroxyl groups is 2. The molecule has 2 aromatic rings. The van der Waals surface area contributed by atoms with Crippen LogP contribution in [0.25, 0.3) is 22.8 Å². The zero-order valence-electron chi connectivity index (χ0n) is 16.2. The van der Waals surface area contributed by atoms with E-state index in [2.05, 4.69) is 0 Å². The van der Waals surface area contributed by atoms with Gasteiger partial charge in [0.2, 0.25) is 0 Å². The summed E-state index contributed by atoms with van der Waals surface area (Å²) in [6, 6.07) is 7.68. The SMILES string of the molecule is COC1=CCC2=c3c(c(-c4ccccc4OC)c(CO)n3CO)=CC2=C1OC. The number of para-hydroxylation sites is 1. The van der Waals surface area contributed by atoms with Gasteiger partial charge in [0.05, 0.1) is 39.0 Å². The van der Waals surface area contributed by atoms with Crippen LogP contribution in [-0.4, -0.2) is 36.1 Å². The summed E-state index contributed by atoms with van der Waals surface area (Å²) < 4.78 is 18.4. The van der Waals surface area contributed by atoms with Crippen LogP contribution in [0.1, 0.15) is 12.1 Å². The lowest BCUT2D eigenvalue weighted by Crippen LogP contribution is -2.30. The van der Waals surface area contributed by atoms with Crippen molar-refractivity contribution in [2.24, 2.45) is 0 Å². The maximum Gasteiger partial charge on any atom is 0.167 e. The quantitative estimate of drug-likeness (QED) is 0.791. The van der Waals surface area contributed by atoms with Crippen molar-refractivity contribution in [1.82, 2.24) is 4.57 Å². The molecule has 28 heavy (non-hydrogen) atoms. The van der Waals surface area contributed by atoms with Crippen molar-refractivity contribution in [1.29, 1.82) is 0 Å². The van der Waals surface area contributed by atoms with Crippen molar-refractivity contribution in [3.05, 3.63) is 63.7 Å². The Labute approximate surface area is 162 Å². The fourth-order valence-corrected chi connectivity index (χ4v) is 4.20. The Balaban J connectivity index is 2.12. The van der Waals surface area contributed by atoms with E-state index in [0.717, 1.165) is 32.8 Å². The molecule has 146 valence electrons. The van der Waals surface area contributed by atoms with Gasteiger partial charge in [-0.05, 0) is 30.2 Å². The van der Waals surface area contributed by atoms with Gasteiger partial charge in [-0.2, -0.15) is 0 Å². The van der Waals surface area contributed by atoms with Crippen LogP contribution in [0.15, 0.2) is 47.4 Å². The van der Waals surface area contributed by atoms with Crippen molar-refractivity contribution in [3.8, 4) is 16.9 Å². The molecule has 0 atom stereocenters. The summed E-state index contributed by atoms with van der Waals surface area (Å²) >= 11 is 0. The van der Waals surface area contributed by atoms with E-state index in [-0.39, 0.29) is 13.3 Å². The first-order valence-electron chi connectivity index (χ1n) is 9.04. The van der Waals surface area contributed by atoms with Gasteiger partial charge in [0.1, 0.15) is 12.5 Å². The Kier molecular flexibility index (Phi) is 4.75. The number of methoxy groups -OCH3 is 3. The summed E-state index contributed by atoms with van der Waals surface area (Å²) in [5, 5.41) is 22.1. The number of ether oxygens (including phenoxy) is 3. The maximum atomic E-state index is 10.1. The third kappa shape index (κ3) is 2.49. The molecule has 6 nitrogen and oxygen atoms in total. The first-order chi connectivity index (χ1) is 13.7. The van der Waals surface area contributed by atoms with Crippen molar-refractivity contribution in [2.75, 3.05) is 21.3 Å². The predicted molar refractivity (Wildman–Crippen MR) is 105 cm³/mol. The molecule has 0 saturated heterocycles. The van der Waals surface area contributed by atoms with Gasteiger partial charge in [-0.1, -0.05) is 18.2 Å². The van der Waals surface area contributed by atoms with Crippen molar-refractivity contribution in [2.45, 2.75) is 19.8 Å². The third-order valence-corrected chi connectivity index (χ3v) is 5.36. The number of nitrogens with zero attached hydrogens (tertiary/aromatic N) is 1. The van der Waals surface area contributed by atoms with E-state index in [0.29, 0.717) is 29.4 Å². The number of rotatable bonds is 6. The zero-order chi connectivity index (χ0) is 19.8. The van der Waals surface area contributed by atoms with Gasteiger partial charge >= 0.3 is 0 Å². The van der Waals surface area contributed by atoms with Gasteiger partial charge in [0.25, 0.3) is 0 Å². The second kappa shape index (κ2) is 7.22. The molecule has 2 N–H and O–H groups in total. The van der Waals surface area contributed by atoms with Crippen LogP contribution in [0.2, 0.25) is 0 Å². The highest BCUT2D eigenvalue weighted by Gasteiger charge is 2.29. The van der Waals surface area contributed by atoms with E-state index in [1.165, 1.54) is 0 Å². The number of hydrogen-bond donors (Lipinski definition) is 2. The molecule has 0 fully saturated rings. The number of hydrogen-bond acceptors (Lipinski definition) is 5. The molecular formula is C22H23NO5. The highest BCUT2D eigenvalue weighted by molar-refractivity contribution is 5.89. The highest BCUT2D eigenvalue weighted by atomic mass is 16.5. The van der Waals surface area contributed by atoms with E-state index in [4.69, 9.17) is 14.2 Å². The number of aromatic nitrogens is 1. The van der Waals surface area contributed by atoms with Crippen LogP contribution < -0.4 is 15.3 Å². The Morgan fingerprint density at radius 1 is 1.04 bits per heavy atom. The monoisotopic (exact) mass is 381 g/mol. The number of benzene rings is 1. The fraction of sp³-hybridized carbons (Fsp3) is 0.273. The molecule has 0 spiro atoms. The van der Waals surface area contributed by atoms with Gasteiger partial charge in [0, 0.05) is 21.9 Å². The summed E-state index contributed by atoms with van der Waals surface area (Å²) in [4.78, 5) is 0. The first kappa shape index (κ1) is 18.4. The second-order valence-corrected chi connectivity index (χ2v) is 6.56. The standard InChI is InChI=1S/C22H23NO5/c1-26-18-7-5-4-6-14(18)20-16-10-15-13(8-9-19(27-2)22(15)28-3)21(16)23(12-25)17(20)11-24/h4-7,9-10,24-25H,8,11-12H2,1-3H3. The van der Waals surface area contributed by atoms with Gasteiger partial charge in [0.15, 0.2) is 11.5 Å². The average Bonchev–Trinajstić information content (AvgIpc) is 3.26. The summed E-state index contributed by atoms with van der Waals surface area (Å²) in [5.74, 6) is 2.07. The Morgan fingerprint density at radius 3 is 2.46 bits per heavy atom. The lowest BCUT2D eigenvalue weighted by atomic mass is 9.98. The van der Waals surface area contributed by atoms with Gasteiger partial charge in [-0.15, -0.1) is 0 Å². The van der Waals surface area contributed by atoms with E-state index >= 15 is 0 Å². The molecule has 0 bridgehead atoms. The van der Waals surface area contributed by atoms with Crippen molar-refractivity contribution in [3.63, 3.8) is 0 Å². The highest BCUT2D eigenvalue weighted by Crippen LogP contribution is 2.36. The van der Waals surface area contributed by atoms with Gasteiger partial charge in [-0.25, -0.2) is 0 Å². The molecule has 0 amide bonds. The van der Waals surface area contributed by atoms with Gasteiger partial charge in [-0.3, -0.25) is 0 Å². The smallest absolute Gasteiger partial charge is 0.167 e. The van der Waals surface area contributed by atoms with Crippen LogP contribution in [0.5, 0.6) is 5.75 Å². The molecule has 0 saturated carbocycles. The Hall–Kier alpha value is -2.96. The number of allylic oxidation sites excluding steroid dienone is 2. The lowest BCUT2D eigenvalue weighted by molar-refractivity contribution is 0.189. The molecule has 2 aliphatic carbocycles. The number of aliphatic hydroxyl groups excluding tert-OH is 2. The molecular weight excluding hydrogens is 358 g/mol. The maximum absolute atomic E-state index is 10.1. The molecule has 1 aromatic carbocycles. The zero-order valence-corrected chi connectivity index (χ0v) is 16.2. The Bertz CT molecular complexity index is 1120. The summed E-state index contributed by atoms with van der Waals surface area (Å²) in [5.41, 5.74) is 4.35. The minimum absolute atomic E-state index is 0.197. The van der Waals surface area contributed by atoms with E-state index in [1.54, 1.807) is 25.9 Å². The summed E-state index contributed by atoms with van der Waals surface area (Å²) in [6.45, 7) is -0.432.